The molecule has 1 aliphatic rings. The summed E-state index contributed by atoms with van der Waals surface area (Å²) in [5.41, 5.74) is -0.945. The number of aliphatic hydroxyl groups is 1. The smallest absolute Gasteiger partial charge is 0.433 e. The van der Waals surface area contributed by atoms with Gasteiger partial charge in [-0.25, -0.2) is 9.97 Å². The molecule has 148 valence electrons. The van der Waals surface area contributed by atoms with Gasteiger partial charge in [0.1, 0.15) is 18.1 Å². The average Bonchev–Trinajstić information content (AvgIpc) is 3.15. The van der Waals surface area contributed by atoms with Gasteiger partial charge in [0.2, 0.25) is 5.95 Å². The molecule has 0 aromatic carbocycles. The molecule has 0 bridgehead atoms. The van der Waals surface area contributed by atoms with E-state index in [4.69, 9.17) is 9.15 Å². The Morgan fingerprint density at radius 3 is 2.67 bits per heavy atom. The SMILES string of the molecule is OC(COCc1ccco1)CN1CCN(c2nccc(C(F)(F)F)n2)CC1. The van der Waals surface area contributed by atoms with Gasteiger partial charge >= 0.3 is 6.18 Å². The van der Waals surface area contributed by atoms with Crippen LogP contribution in [-0.2, 0) is 17.5 Å². The van der Waals surface area contributed by atoms with Crippen LogP contribution in [0.3, 0.4) is 0 Å². The van der Waals surface area contributed by atoms with E-state index in [1.807, 2.05) is 4.90 Å². The molecule has 2 aromatic rings. The molecule has 1 unspecified atom stereocenters. The van der Waals surface area contributed by atoms with Gasteiger partial charge in [-0.1, -0.05) is 0 Å². The largest absolute Gasteiger partial charge is 0.467 e. The van der Waals surface area contributed by atoms with Crippen LogP contribution in [0.1, 0.15) is 11.5 Å². The predicted molar refractivity (Wildman–Crippen MR) is 90.1 cm³/mol. The minimum absolute atomic E-state index is 0.0757. The molecule has 10 heteroatoms. The molecule has 0 radical (unpaired) electrons. The van der Waals surface area contributed by atoms with E-state index >= 15 is 0 Å². The highest BCUT2D eigenvalue weighted by atomic mass is 19.4. The third-order valence-corrected chi connectivity index (χ3v) is 4.19. The number of rotatable bonds is 7. The van der Waals surface area contributed by atoms with Crippen LogP contribution in [0.4, 0.5) is 19.1 Å². The number of aromatic nitrogens is 2. The first-order chi connectivity index (χ1) is 12.9. The maximum atomic E-state index is 12.8. The summed E-state index contributed by atoms with van der Waals surface area (Å²) < 4.78 is 48.9. The van der Waals surface area contributed by atoms with Gasteiger partial charge in [-0.3, -0.25) is 4.90 Å². The zero-order valence-corrected chi connectivity index (χ0v) is 14.6. The minimum Gasteiger partial charge on any atom is -0.467 e. The molecule has 1 N–H and O–H groups in total. The Kier molecular flexibility index (Phi) is 6.30. The van der Waals surface area contributed by atoms with Crippen molar-refractivity contribution < 1.29 is 27.4 Å². The third-order valence-electron chi connectivity index (χ3n) is 4.19. The average molecular weight is 386 g/mol. The van der Waals surface area contributed by atoms with E-state index in [0.29, 0.717) is 45.1 Å². The number of piperazine rings is 1. The first-order valence-corrected chi connectivity index (χ1v) is 8.57. The Morgan fingerprint density at radius 1 is 1.22 bits per heavy atom. The van der Waals surface area contributed by atoms with Crippen molar-refractivity contribution in [2.45, 2.75) is 18.9 Å². The van der Waals surface area contributed by atoms with Crippen molar-refractivity contribution >= 4 is 5.95 Å². The number of halogens is 3. The number of nitrogens with zero attached hydrogens (tertiary/aromatic N) is 4. The van der Waals surface area contributed by atoms with Crippen LogP contribution in [0.2, 0.25) is 0 Å². The van der Waals surface area contributed by atoms with E-state index in [0.717, 1.165) is 12.3 Å². The zero-order chi connectivity index (χ0) is 19.3. The normalized spacial score (nSPS) is 17.3. The van der Waals surface area contributed by atoms with Crippen LogP contribution < -0.4 is 4.90 Å². The van der Waals surface area contributed by atoms with Gasteiger partial charge in [0.25, 0.3) is 0 Å². The molecule has 0 aliphatic carbocycles. The lowest BCUT2D eigenvalue weighted by Gasteiger charge is -2.35. The quantitative estimate of drug-likeness (QED) is 0.778. The highest BCUT2D eigenvalue weighted by molar-refractivity contribution is 5.31. The lowest BCUT2D eigenvalue weighted by atomic mass is 10.2. The van der Waals surface area contributed by atoms with E-state index in [-0.39, 0.29) is 12.6 Å². The number of aliphatic hydroxyl groups excluding tert-OH is 1. The molecule has 0 amide bonds. The fraction of sp³-hybridized carbons (Fsp3) is 0.529. The van der Waals surface area contributed by atoms with E-state index in [1.165, 1.54) is 0 Å². The standard InChI is InChI=1S/C17H21F3N4O3/c18-17(19,20)15-3-4-21-16(22-15)24-7-5-23(6-8-24)10-13(25)11-26-12-14-2-1-9-27-14/h1-4,9,13,25H,5-8,10-12H2. The fourth-order valence-electron chi connectivity index (χ4n) is 2.83. The highest BCUT2D eigenvalue weighted by Gasteiger charge is 2.33. The monoisotopic (exact) mass is 386 g/mol. The first-order valence-electron chi connectivity index (χ1n) is 8.57. The number of hydrogen-bond acceptors (Lipinski definition) is 7. The summed E-state index contributed by atoms with van der Waals surface area (Å²) in [6, 6.07) is 4.42. The molecule has 0 saturated carbocycles. The minimum atomic E-state index is -4.49. The molecule has 1 aliphatic heterocycles. The Morgan fingerprint density at radius 2 is 2.00 bits per heavy atom. The third kappa shape index (κ3) is 5.65. The molecular weight excluding hydrogens is 365 g/mol. The number of furan rings is 1. The van der Waals surface area contributed by atoms with Gasteiger partial charge in [-0.2, -0.15) is 13.2 Å². The van der Waals surface area contributed by atoms with Gasteiger partial charge < -0.3 is 19.2 Å². The second-order valence-electron chi connectivity index (χ2n) is 6.28. The van der Waals surface area contributed by atoms with Gasteiger partial charge in [0.05, 0.1) is 19.0 Å². The number of ether oxygens (including phenoxy) is 1. The number of β-amino-alcohol motifs (C(OH)–C–C–N with tert-alkyl or cyclic N) is 1. The number of anilines is 1. The Hall–Kier alpha value is -2.17. The maximum Gasteiger partial charge on any atom is 0.433 e. The molecule has 3 rings (SSSR count). The van der Waals surface area contributed by atoms with Crippen molar-refractivity contribution in [3.05, 3.63) is 42.1 Å². The van der Waals surface area contributed by atoms with Crippen molar-refractivity contribution in [2.75, 3.05) is 44.2 Å². The van der Waals surface area contributed by atoms with Crippen LogP contribution in [0, 0.1) is 0 Å². The van der Waals surface area contributed by atoms with Crippen LogP contribution in [0.15, 0.2) is 35.1 Å². The lowest BCUT2D eigenvalue weighted by Crippen LogP contribution is -2.49. The molecule has 27 heavy (non-hydrogen) atoms. The topological polar surface area (TPSA) is 74.9 Å². The second kappa shape index (κ2) is 8.68. The first kappa shape index (κ1) is 19.6. The van der Waals surface area contributed by atoms with E-state index in [1.54, 1.807) is 23.3 Å². The summed E-state index contributed by atoms with van der Waals surface area (Å²) in [5.74, 6) is 0.767. The maximum absolute atomic E-state index is 12.8. The van der Waals surface area contributed by atoms with Crippen molar-refractivity contribution in [3.8, 4) is 0 Å². The molecule has 2 aromatic heterocycles. The summed E-state index contributed by atoms with van der Waals surface area (Å²) in [6.45, 7) is 3.06. The van der Waals surface area contributed by atoms with Crippen molar-refractivity contribution in [1.29, 1.82) is 0 Å². The summed E-state index contributed by atoms with van der Waals surface area (Å²) in [7, 11) is 0. The Bertz CT molecular complexity index is 704. The van der Waals surface area contributed by atoms with Gasteiger partial charge in [-0.05, 0) is 18.2 Å². The molecular formula is C17H21F3N4O3. The number of hydrogen-bond donors (Lipinski definition) is 1. The fourth-order valence-corrected chi connectivity index (χ4v) is 2.83. The van der Waals surface area contributed by atoms with Crippen LogP contribution >= 0.6 is 0 Å². The summed E-state index contributed by atoms with van der Waals surface area (Å²) >= 11 is 0. The van der Waals surface area contributed by atoms with Crippen molar-refractivity contribution in [1.82, 2.24) is 14.9 Å². The highest BCUT2D eigenvalue weighted by Crippen LogP contribution is 2.28. The van der Waals surface area contributed by atoms with Crippen LogP contribution in [0.5, 0.6) is 0 Å². The van der Waals surface area contributed by atoms with Gasteiger partial charge in [-0.15, -0.1) is 0 Å². The summed E-state index contributed by atoms with van der Waals surface area (Å²) in [6.07, 6.45) is -2.46. The lowest BCUT2D eigenvalue weighted by molar-refractivity contribution is -0.141. The van der Waals surface area contributed by atoms with Crippen molar-refractivity contribution in [2.24, 2.45) is 0 Å². The predicted octanol–water partition coefficient (Wildman–Crippen LogP) is 1.79. The zero-order valence-electron chi connectivity index (χ0n) is 14.6. The van der Waals surface area contributed by atoms with Crippen molar-refractivity contribution in [3.63, 3.8) is 0 Å². The van der Waals surface area contributed by atoms with Gasteiger partial charge in [0.15, 0.2) is 0 Å². The van der Waals surface area contributed by atoms with E-state index in [9.17, 15) is 18.3 Å². The molecule has 0 spiro atoms. The molecule has 1 fully saturated rings. The second-order valence-corrected chi connectivity index (χ2v) is 6.28. The Balaban J connectivity index is 1.42. The van der Waals surface area contributed by atoms with Crippen LogP contribution in [0.25, 0.3) is 0 Å². The molecule has 3 heterocycles. The summed E-state index contributed by atoms with van der Waals surface area (Å²) in [5, 5.41) is 10.1. The van der Waals surface area contributed by atoms with Gasteiger partial charge in [0, 0.05) is 38.9 Å². The molecule has 1 atom stereocenters. The Labute approximate surface area is 154 Å². The number of alkyl halides is 3. The van der Waals surface area contributed by atoms with E-state index in [2.05, 4.69) is 9.97 Å². The van der Waals surface area contributed by atoms with E-state index < -0.39 is 18.0 Å². The summed E-state index contributed by atoms with van der Waals surface area (Å²) in [4.78, 5) is 11.3. The van der Waals surface area contributed by atoms with Crippen LogP contribution in [-0.4, -0.2) is 65.4 Å². The molecule has 7 nitrogen and oxygen atoms in total. The molecule has 1 saturated heterocycles.